The summed E-state index contributed by atoms with van der Waals surface area (Å²) >= 11 is 5.99. The standard InChI is InChI=1S/C27H25ClN8O.C2H4O2/c1-34-18-31-25-22(8-5-9-23(25)34)33-26(30-17-29)35-14-15-36(24(16-35)19-6-3-2-4-7-19)27(37)32-21-12-10-20(28)11-13-21;1-2(3)4/h2-13,18,24H,14-16H2,1H3,(H,30,33)(H,32,37);1H3,(H,3,4). The molecule has 41 heavy (non-hydrogen) atoms. The Labute approximate surface area is 242 Å². The molecule has 2 amide bonds. The lowest BCUT2D eigenvalue weighted by Crippen LogP contribution is -2.55. The molecule has 0 aliphatic carbocycles. The lowest BCUT2D eigenvalue weighted by Gasteiger charge is -2.42. The topological polar surface area (TPSA) is 139 Å². The van der Waals surface area contributed by atoms with Gasteiger partial charge >= 0.3 is 6.03 Å². The number of nitrogens with zero attached hydrogens (tertiary/aromatic N) is 6. The molecule has 11 nitrogen and oxygen atoms in total. The number of carboxylic acids is 1. The van der Waals surface area contributed by atoms with Crippen molar-refractivity contribution in [2.24, 2.45) is 12.0 Å². The average Bonchev–Trinajstić information content (AvgIpc) is 3.35. The van der Waals surface area contributed by atoms with Crippen LogP contribution in [-0.2, 0) is 11.8 Å². The smallest absolute Gasteiger partial charge is 0.322 e. The number of benzene rings is 3. The molecule has 1 aliphatic heterocycles. The van der Waals surface area contributed by atoms with Crippen molar-refractivity contribution in [3.05, 3.63) is 89.7 Å². The fraction of sp³-hybridized carbons (Fsp3) is 0.207. The number of urea groups is 1. The van der Waals surface area contributed by atoms with E-state index in [0.29, 0.717) is 42.0 Å². The zero-order chi connectivity index (χ0) is 29.4. The van der Waals surface area contributed by atoms with E-state index in [9.17, 15) is 10.1 Å². The number of piperazine rings is 1. The second-order valence-electron chi connectivity index (χ2n) is 9.19. The number of nitriles is 1. The van der Waals surface area contributed by atoms with Crippen LogP contribution in [0, 0.1) is 11.5 Å². The van der Waals surface area contributed by atoms with Crippen molar-refractivity contribution < 1.29 is 14.7 Å². The number of aliphatic imine (C=N–C) groups is 1. The number of amides is 2. The maximum absolute atomic E-state index is 13.3. The third-order valence-corrected chi connectivity index (χ3v) is 6.60. The minimum atomic E-state index is -0.833. The molecule has 0 radical (unpaired) electrons. The molecule has 3 N–H and O–H groups in total. The molecule has 1 atom stereocenters. The number of halogens is 1. The number of aryl methyl sites for hydroxylation is 1. The molecule has 4 aromatic rings. The summed E-state index contributed by atoms with van der Waals surface area (Å²) in [7, 11) is 1.93. The van der Waals surface area contributed by atoms with Gasteiger partial charge < -0.3 is 24.8 Å². The van der Waals surface area contributed by atoms with Crippen molar-refractivity contribution in [3.63, 3.8) is 0 Å². The third-order valence-electron chi connectivity index (χ3n) is 6.35. The minimum Gasteiger partial charge on any atom is -0.481 e. The number of para-hydroxylation sites is 1. The Morgan fingerprint density at radius 1 is 1.07 bits per heavy atom. The fourth-order valence-electron chi connectivity index (χ4n) is 4.48. The zero-order valence-corrected chi connectivity index (χ0v) is 23.3. The number of anilines is 1. The molecule has 1 aromatic heterocycles. The van der Waals surface area contributed by atoms with Crippen LogP contribution in [0.15, 0.2) is 84.1 Å². The van der Waals surface area contributed by atoms with Gasteiger partial charge in [0.2, 0.25) is 5.96 Å². The average molecular weight is 573 g/mol. The van der Waals surface area contributed by atoms with E-state index < -0.39 is 5.97 Å². The summed E-state index contributed by atoms with van der Waals surface area (Å²) in [5, 5.41) is 23.2. The number of fused-ring (bicyclic) bond motifs is 1. The van der Waals surface area contributed by atoms with Gasteiger partial charge in [0.15, 0.2) is 6.19 Å². The Balaban J connectivity index is 0.000000909. The second-order valence-corrected chi connectivity index (χ2v) is 9.63. The molecule has 1 fully saturated rings. The Bertz CT molecular complexity index is 1580. The van der Waals surface area contributed by atoms with Crippen molar-refractivity contribution in [2.75, 3.05) is 25.0 Å². The Morgan fingerprint density at radius 2 is 1.78 bits per heavy atom. The first-order valence-corrected chi connectivity index (χ1v) is 13.1. The van der Waals surface area contributed by atoms with Crippen LogP contribution in [0.2, 0.25) is 5.02 Å². The van der Waals surface area contributed by atoms with Crippen LogP contribution < -0.4 is 10.6 Å². The first kappa shape index (κ1) is 28.9. The predicted molar refractivity (Wildman–Crippen MR) is 158 cm³/mol. The normalized spacial score (nSPS) is 15.0. The van der Waals surface area contributed by atoms with Crippen LogP contribution >= 0.6 is 11.6 Å². The fourth-order valence-corrected chi connectivity index (χ4v) is 4.61. The summed E-state index contributed by atoms with van der Waals surface area (Å²) in [6.45, 7) is 2.45. The number of carbonyl (C=O) groups excluding carboxylic acids is 1. The lowest BCUT2D eigenvalue weighted by atomic mass is 10.0. The first-order valence-electron chi connectivity index (χ1n) is 12.7. The van der Waals surface area contributed by atoms with E-state index in [1.54, 1.807) is 30.6 Å². The third kappa shape index (κ3) is 7.32. The van der Waals surface area contributed by atoms with Gasteiger partial charge in [0.1, 0.15) is 5.52 Å². The monoisotopic (exact) mass is 572 g/mol. The van der Waals surface area contributed by atoms with Crippen molar-refractivity contribution in [1.82, 2.24) is 24.7 Å². The quantitative estimate of drug-likeness (QED) is 0.136. The number of carboxylic acid groups (broad SMARTS) is 1. The van der Waals surface area contributed by atoms with Gasteiger partial charge in [0.05, 0.1) is 23.6 Å². The molecule has 3 aromatic carbocycles. The van der Waals surface area contributed by atoms with Crippen molar-refractivity contribution >= 4 is 52.0 Å². The maximum atomic E-state index is 13.3. The molecule has 1 unspecified atom stereocenters. The van der Waals surface area contributed by atoms with E-state index >= 15 is 0 Å². The minimum absolute atomic E-state index is 0.208. The molecule has 0 spiro atoms. The lowest BCUT2D eigenvalue weighted by molar-refractivity contribution is -0.134. The molecule has 0 bridgehead atoms. The molecule has 2 heterocycles. The summed E-state index contributed by atoms with van der Waals surface area (Å²) < 4.78 is 1.93. The van der Waals surface area contributed by atoms with Crippen LogP contribution in [0.4, 0.5) is 16.2 Å². The van der Waals surface area contributed by atoms with Crippen LogP contribution in [0.5, 0.6) is 0 Å². The van der Waals surface area contributed by atoms with Gasteiger partial charge in [-0.25, -0.2) is 14.8 Å². The van der Waals surface area contributed by atoms with Crippen molar-refractivity contribution in [1.29, 1.82) is 5.26 Å². The van der Waals surface area contributed by atoms with E-state index in [0.717, 1.165) is 23.5 Å². The van der Waals surface area contributed by atoms with Crippen molar-refractivity contribution in [2.45, 2.75) is 13.0 Å². The highest BCUT2D eigenvalue weighted by molar-refractivity contribution is 6.30. The van der Waals surface area contributed by atoms with Crippen LogP contribution in [0.25, 0.3) is 11.0 Å². The zero-order valence-electron chi connectivity index (χ0n) is 22.5. The van der Waals surface area contributed by atoms with E-state index in [1.165, 1.54) is 0 Å². The number of aromatic nitrogens is 2. The molecule has 1 aliphatic rings. The molecule has 1 saturated heterocycles. The summed E-state index contributed by atoms with van der Waals surface area (Å²) in [5.74, 6) is -0.417. The van der Waals surface area contributed by atoms with Gasteiger partial charge in [-0.3, -0.25) is 10.1 Å². The summed E-state index contributed by atoms with van der Waals surface area (Å²) in [6, 6.07) is 22.2. The molecule has 0 saturated carbocycles. The van der Waals surface area contributed by atoms with Crippen LogP contribution in [0.3, 0.4) is 0 Å². The summed E-state index contributed by atoms with van der Waals surface area (Å²) in [4.78, 5) is 35.4. The van der Waals surface area contributed by atoms with E-state index in [4.69, 9.17) is 26.5 Å². The number of carbonyl (C=O) groups is 2. The largest absolute Gasteiger partial charge is 0.481 e. The van der Waals surface area contributed by atoms with Gasteiger partial charge in [-0.15, -0.1) is 0 Å². The number of rotatable bonds is 3. The summed E-state index contributed by atoms with van der Waals surface area (Å²) in [5.41, 5.74) is 4.02. The van der Waals surface area contributed by atoms with Crippen LogP contribution in [-0.4, -0.2) is 62.1 Å². The number of hydrogen-bond acceptors (Lipinski definition) is 5. The highest BCUT2D eigenvalue weighted by Crippen LogP contribution is 2.29. The molecular formula is C29H29ClN8O3. The van der Waals surface area contributed by atoms with E-state index in [2.05, 4.69) is 15.6 Å². The van der Waals surface area contributed by atoms with E-state index in [1.807, 2.05) is 76.1 Å². The molecule has 5 rings (SSSR count). The number of imidazole rings is 1. The van der Waals surface area contributed by atoms with Gasteiger partial charge in [-0.1, -0.05) is 48.0 Å². The highest BCUT2D eigenvalue weighted by atomic mass is 35.5. The van der Waals surface area contributed by atoms with Gasteiger partial charge in [-0.05, 0) is 42.0 Å². The van der Waals surface area contributed by atoms with E-state index in [-0.39, 0.29) is 12.1 Å². The predicted octanol–water partition coefficient (Wildman–Crippen LogP) is 4.97. The van der Waals surface area contributed by atoms with Gasteiger partial charge in [0, 0.05) is 44.3 Å². The second kappa shape index (κ2) is 13.3. The maximum Gasteiger partial charge on any atom is 0.322 e. The SMILES string of the molecule is CC(=O)O.Cn1cnc2c(N=C(NC#N)N3CCN(C(=O)Nc4ccc(Cl)cc4)C(c4ccccc4)C3)cccc21. The number of guanidine groups is 1. The summed E-state index contributed by atoms with van der Waals surface area (Å²) in [6.07, 6.45) is 3.75. The molecule has 12 heteroatoms. The van der Waals surface area contributed by atoms with Crippen LogP contribution in [0.1, 0.15) is 18.5 Å². The Hall–Kier alpha value is -5.08. The highest BCUT2D eigenvalue weighted by Gasteiger charge is 2.33. The molecule has 210 valence electrons. The van der Waals surface area contributed by atoms with Crippen molar-refractivity contribution in [3.8, 4) is 6.19 Å². The van der Waals surface area contributed by atoms with Gasteiger partial charge in [0.25, 0.3) is 5.97 Å². The number of nitrogens with one attached hydrogen (secondary N) is 2. The molecular weight excluding hydrogens is 544 g/mol. The first-order chi connectivity index (χ1) is 19.8. The number of hydrogen-bond donors (Lipinski definition) is 3. The van der Waals surface area contributed by atoms with Gasteiger partial charge in [-0.2, -0.15) is 5.26 Å². The Kier molecular flexibility index (Phi) is 9.39. The Morgan fingerprint density at radius 3 is 2.46 bits per heavy atom. The number of aliphatic carboxylic acids is 1.